The van der Waals surface area contributed by atoms with Gasteiger partial charge in [0.05, 0.1) is 12.2 Å². The molecule has 0 aromatic carbocycles. The molecule has 0 bridgehead atoms. The molecule has 19 heavy (non-hydrogen) atoms. The van der Waals surface area contributed by atoms with Crippen molar-refractivity contribution in [2.45, 2.75) is 39.5 Å². The topological polar surface area (TPSA) is 35.0 Å². The molecule has 3 nitrogen and oxygen atoms in total. The van der Waals surface area contributed by atoms with Crippen LogP contribution in [0.5, 0.6) is 5.88 Å². The third kappa shape index (κ3) is 3.69. The van der Waals surface area contributed by atoms with Gasteiger partial charge >= 0.3 is 0 Å². The molecule has 104 valence electrons. The highest BCUT2D eigenvalue weighted by molar-refractivity contribution is 6.30. The van der Waals surface area contributed by atoms with Gasteiger partial charge in [-0.2, -0.15) is 0 Å². The van der Waals surface area contributed by atoms with Crippen molar-refractivity contribution in [1.82, 2.24) is 9.97 Å². The molecular weight excluding hydrogens is 260 g/mol. The predicted octanol–water partition coefficient (Wildman–Crippen LogP) is 4.06. The lowest BCUT2D eigenvalue weighted by atomic mass is 9.85. The van der Waals surface area contributed by atoms with E-state index < -0.39 is 0 Å². The average Bonchev–Trinajstić information content (AvgIpc) is 2.41. The normalized spacial score (nSPS) is 22.5. The Hall–Kier alpha value is -1.09. The van der Waals surface area contributed by atoms with Crippen LogP contribution in [-0.4, -0.2) is 16.6 Å². The van der Waals surface area contributed by atoms with Crippen molar-refractivity contribution in [3.8, 4) is 5.88 Å². The summed E-state index contributed by atoms with van der Waals surface area (Å²) in [4.78, 5) is 8.26. The van der Waals surface area contributed by atoms with Crippen LogP contribution in [0.4, 0.5) is 0 Å². The van der Waals surface area contributed by atoms with Gasteiger partial charge in [0, 0.05) is 0 Å². The van der Waals surface area contributed by atoms with Gasteiger partial charge in [-0.25, -0.2) is 9.97 Å². The molecule has 1 aliphatic rings. The standard InChI is InChI=1S/C15H21ClN2O/c1-3-6-13-14(16)17-10-18-15(13)19-9-12-8-5-4-7-11(12)2/h4-5,10-12H,3,6-9H2,1-2H3. The van der Waals surface area contributed by atoms with E-state index >= 15 is 0 Å². The maximum Gasteiger partial charge on any atom is 0.221 e. The minimum Gasteiger partial charge on any atom is -0.477 e. The van der Waals surface area contributed by atoms with E-state index in [2.05, 4.69) is 36.0 Å². The number of nitrogens with zero attached hydrogens (tertiary/aromatic N) is 2. The van der Waals surface area contributed by atoms with E-state index in [1.165, 1.54) is 6.33 Å². The fourth-order valence-electron chi connectivity index (χ4n) is 2.39. The van der Waals surface area contributed by atoms with Crippen LogP contribution in [0.2, 0.25) is 5.15 Å². The number of aromatic nitrogens is 2. The summed E-state index contributed by atoms with van der Waals surface area (Å²) in [5.74, 6) is 1.88. The van der Waals surface area contributed by atoms with Gasteiger partial charge in [0.2, 0.25) is 5.88 Å². The minimum atomic E-state index is 0.517. The van der Waals surface area contributed by atoms with Gasteiger partial charge in [-0.1, -0.05) is 44.0 Å². The lowest BCUT2D eigenvalue weighted by molar-refractivity contribution is 0.191. The van der Waals surface area contributed by atoms with Crippen LogP contribution >= 0.6 is 11.6 Å². The second-order valence-electron chi connectivity index (χ2n) is 5.19. The van der Waals surface area contributed by atoms with E-state index in [0.717, 1.165) is 31.2 Å². The van der Waals surface area contributed by atoms with Crippen LogP contribution in [0.3, 0.4) is 0 Å². The molecule has 2 atom stereocenters. The molecule has 1 aromatic heterocycles. The van der Waals surface area contributed by atoms with Gasteiger partial charge in [0.15, 0.2) is 0 Å². The molecule has 2 rings (SSSR count). The summed E-state index contributed by atoms with van der Waals surface area (Å²) in [6, 6.07) is 0. The van der Waals surface area contributed by atoms with E-state index in [0.29, 0.717) is 29.5 Å². The second kappa shape index (κ2) is 6.90. The Morgan fingerprint density at radius 2 is 2.11 bits per heavy atom. The summed E-state index contributed by atoms with van der Waals surface area (Å²) >= 11 is 6.12. The summed E-state index contributed by atoms with van der Waals surface area (Å²) in [6.07, 6.45) is 10.1. The van der Waals surface area contributed by atoms with Crippen molar-refractivity contribution in [3.05, 3.63) is 29.2 Å². The highest BCUT2D eigenvalue weighted by atomic mass is 35.5. The van der Waals surface area contributed by atoms with E-state index in [4.69, 9.17) is 16.3 Å². The molecule has 1 aromatic rings. The number of hydrogen-bond acceptors (Lipinski definition) is 3. The highest BCUT2D eigenvalue weighted by Crippen LogP contribution is 2.28. The van der Waals surface area contributed by atoms with Crippen molar-refractivity contribution < 1.29 is 4.74 Å². The van der Waals surface area contributed by atoms with Gasteiger partial charge in [0.1, 0.15) is 11.5 Å². The van der Waals surface area contributed by atoms with Gasteiger partial charge in [-0.15, -0.1) is 0 Å². The Labute approximate surface area is 120 Å². The number of hydrogen-bond donors (Lipinski definition) is 0. The molecule has 0 spiro atoms. The van der Waals surface area contributed by atoms with Crippen molar-refractivity contribution in [2.24, 2.45) is 11.8 Å². The van der Waals surface area contributed by atoms with Gasteiger partial charge < -0.3 is 4.74 Å². The van der Waals surface area contributed by atoms with E-state index in [1.807, 2.05) is 0 Å². The Bertz CT molecular complexity index is 448. The van der Waals surface area contributed by atoms with Crippen molar-refractivity contribution in [2.75, 3.05) is 6.61 Å². The van der Waals surface area contributed by atoms with Crippen molar-refractivity contribution in [3.63, 3.8) is 0 Å². The van der Waals surface area contributed by atoms with Crippen LogP contribution in [0.25, 0.3) is 0 Å². The van der Waals surface area contributed by atoms with E-state index in [-0.39, 0.29) is 0 Å². The molecule has 0 fully saturated rings. The first kappa shape index (κ1) is 14.3. The molecule has 2 unspecified atom stereocenters. The molecule has 0 N–H and O–H groups in total. The Morgan fingerprint density at radius 3 is 2.84 bits per heavy atom. The molecule has 1 aliphatic carbocycles. The molecule has 0 radical (unpaired) electrons. The second-order valence-corrected chi connectivity index (χ2v) is 5.55. The summed E-state index contributed by atoms with van der Waals surface area (Å²) < 4.78 is 5.91. The fraction of sp³-hybridized carbons (Fsp3) is 0.600. The molecular formula is C15H21ClN2O. The summed E-state index contributed by atoms with van der Waals surface area (Å²) in [6.45, 7) is 5.09. The molecule has 0 amide bonds. The van der Waals surface area contributed by atoms with Crippen LogP contribution in [0, 0.1) is 11.8 Å². The first-order chi connectivity index (χ1) is 9.22. The largest absolute Gasteiger partial charge is 0.477 e. The lowest BCUT2D eigenvalue weighted by Crippen LogP contribution is -2.21. The van der Waals surface area contributed by atoms with Crippen LogP contribution < -0.4 is 4.74 Å². The van der Waals surface area contributed by atoms with Gasteiger partial charge in [-0.05, 0) is 31.1 Å². The zero-order valence-corrected chi connectivity index (χ0v) is 12.4. The molecule has 0 aliphatic heterocycles. The van der Waals surface area contributed by atoms with Crippen LogP contribution in [-0.2, 0) is 6.42 Å². The number of halogens is 1. The monoisotopic (exact) mass is 280 g/mol. The quantitative estimate of drug-likeness (QED) is 0.602. The maximum absolute atomic E-state index is 6.12. The maximum atomic E-state index is 6.12. The Balaban J connectivity index is 2.02. The smallest absolute Gasteiger partial charge is 0.221 e. The molecule has 0 saturated carbocycles. The first-order valence-corrected chi connectivity index (χ1v) is 7.37. The third-order valence-corrected chi connectivity index (χ3v) is 4.03. The molecule has 1 heterocycles. The van der Waals surface area contributed by atoms with Gasteiger partial charge in [0.25, 0.3) is 0 Å². The summed E-state index contributed by atoms with van der Waals surface area (Å²) in [5.41, 5.74) is 0.936. The van der Waals surface area contributed by atoms with Crippen LogP contribution in [0.15, 0.2) is 18.5 Å². The Morgan fingerprint density at radius 1 is 1.32 bits per heavy atom. The molecule has 4 heteroatoms. The van der Waals surface area contributed by atoms with Crippen molar-refractivity contribution in [1.29, 1.82) is 0 Å². The predicted molar refractivity (Wildman–Crippen MR) is 77.6 cm³/mol. The lowest BCUT2D eigenvalue weighted by Gasteiger charge is -2.25. The fourth-order valence-corrected chi connectivity index (χ4v) is 2.60. The van der Waals surface area contributed by atoms with E-state index in [1.54, 1.807) is 0 Å². The summed E-state index contributed by atoms with van der Waals surface area (Å²) in [7, 11) is 0. The first-order valence-electron chi connectivity index (χ1n) is 6.99. The van der Waals surface area contributed by atoms with Gasteiger partial charge in [-0.3, -0.25) is 0 Å². The number of rotatable bonds is 5. The average molecular weight is 281 g/mol. The van der Waals surface area contributed by atoms with Crippen molar-refractivity contribution >= 4 is 11.6 Å². The summed E-state index contributed by atoms with van der Waals surface area (Å²) in [5, 5.41) is 0.517. The Kier molecular flexibility index (Phi) is 5.20. The van der Waals surface area contributed by atoms with Crippen LogP contribution in [0.1, 0.15) is 38.7 Å². The number of allylic oxidation sites excluding steroid dienone is 2. The van der Waals surface area contributed by atoms with E-state index in [9.17, 15) is 0 Å². The third-order valence-electron chi connectivity index (χ3n) is 3.71. The zero-order chi connectivity index (χ0) is 13.7. The SMILES string of the molecule is CCCc1c(Cl)ncnc1OCC1CC=CCC1C. The minimum absolute atomic E-state index is 0.517. The highest BCUT2D eigenvalue weighted by Gasteiger charge is 2.20. The number of ether oxygens (including phenoxy) is 1. The zero-order valence-electron chi connectivity index (χ0n) is 11.6. The molecule has 0 saturated heterocycles.